The molecule has 3 rings (SSSR count). The standard InChI is InChI=1S/C17H23N7O2S/c1-10(2)11(3)20-16-14-15(19-9-18-14)22-17(23-16)21-12-6-5-7-13(8-12)24-27(4,25)26/h5-11,24H,1-4H3,(H3,18,19,20,21,22,23)/t11-/m0/s1. The Kier molecular flexibility index (Phi) is 5.17. The molecule has 0 fully saturated rings. The van der Waals surface area contributed by atoms with Crippen LogP contribution in [0.25, 0.3) is 11.2 Å². The van der Waals surface area contributed by atoms with Crippen LogP contribution in [-0.2, 0) is 10.0 Å². The first-order valence-electron chi connectivity index (χ1n) is 8.54. The number of nitrogens with one attached hydrogen (secondary N) is 4. The van der Waals surface area contributed by atoms with Crippen LogP contribution < -0.4 is 15.4 Å². The van der Waals surface area contributed by atoms with E-state index in [4.69, 9.17) is 0 Å². The SMILES string of the molecule is CC(C)[C@H](C)Nc1nc(Nc2cccc(NS(C)(=O)=O)c2)nc2[nH]cnc12. The minimum atomic E-state index is -3.35. The highest BCUT2D eigenvalue weighted by molar-refractivity contribution is 7.92. The zero-order valence-corrected chi connectivity index (χ0v) is 16.4. The molecule has 0 amide bonds. The third kappa shape index (κ3) is 4.85. The maximum atomic E-state index is 11.4. The van der Waals surface area contributed by atoms with E-state index < -0.39 is 10.0 Å². The van der Waals surface area contributed by atoms with Crippen LogP contribution in [-0.4, -0.2) is 40.7 Å². The van der Waals surface area contributed by atoms with Gasteiger partial charge in [0, 0.05) is 11.7 Å². The Balaban J connectivity index is 1.90. The van der Waals surface area contributed by atoms with Crippen molar-refractivity contribution in [3.63, 3.8) is 0 Å². The number of H-pyrrole nitrogens is 1. The Morgan fingerprint density at radius 3 is 2.56 bits per heavy atom. The van der Waals surface area contributed by atoms with Gasteiger partial charge in [-0.1, -0.05) is 19.9 Å². The monoisotopic (exact) mass is 389 g/mol. The molecule has 0 radical (unpaired) electrons. The number of aromatic amines is 1. The zero-order chi connectivity index (χ0) is 19.6. The van der Waals surface area contributed by atoms with Crippen LogP contribution in [0.2, 0.25) is 0 Å². The Labute approximate surface area is 158 Å². The highest BCUT2D eigenvalue weighted by atomic mass is 32.2. The number of hydrogen-bond donors (Lipinski definition) is 4. The van der Waals surface area contributed by atoms with E-state index in [1.54, 1.807) is 30.6 Å². The van der Waals surface area contributed by atoms with Crippen molar-refractivity contribution in [1.82, 2.24) is 19.9 Å². The van der Waals surface area contributed by atoms with Crippen LogP contribution in [0.15, 0.2) is 30.6 Å². The van der Waals surface area contributed by atoms with Crippen molar-refractivity contribution in [1.29, 1.82) is 0 Å². The van der Waals surface area contributed by atoms with Crippen LogP contribution in [0.1, 0.15) is 20.8 Å². The molecule has 2 heterocycles. The molecule has 0 aliphatic carbocycles. The van der Waals surface area contributed by atoms with Gasteiger partial charge in [-0.05, 0) is 31.0 Å². The number of nitrogens with zero attached hydrogens (tertiary/aromatic N) is 3. The zero-order valence-electron chi connectivity index (χ0n) is 15.6. The largest absolute Gasteiger partial charge is 0.365 e. The van der Waals surface area contributed by atoms with Crippen molar-refractivity contribution in [2.24, 2.45) is 5.92 Å². The van der Waals surface area contributed by atoms with Gasteiger partial charge in [-0.15, -0.1) is 0 Å². The number of sulfonamides is 1. The molecule has 3 aromatic rings. The molecular weight excluding hydrogens is 366 g/mol. The number of anilines is 4. The maximum absolute atomic E-state index is 11.4. The maximum Gasteiger partial charge on any atom is 0.231 e. The van der Waals surface area contributed by atoms with Gasteiger partial charge in [-0.2, -0.15) is 9.97 Å². The molecule has 2 aromatic heterocycles. The molecule has 27 heavy (non-hydrogen) atoms. The predicted octanol–water partition coefficient (Wildman–Crippen LogP) is 2.92. The molecule has 0 spiro atoms. The lowest BCUT2D eigenvalue weighted by molar-refractivity contribution is 0.559. The van der Waals surface area contributed by atoms with Crippen LogP contribution in [0, 0.1) is 5.92 Å². The number of aromatic nitrogens is 4. The van der Waals surface area contributed by atoms with Crippen molar-refractivity contribution in [2.45, 2.75) is 26.8 Å². The normalized spacial score (nSPS) is 12.9. The summed E-state index contributed by atoms with van der Waals surface area (Å²) in [6.07, 6.45) is 2.68. The van der Waals surface area contributed by atoms with E-state index >= 15 is 0 Å². The number of hydrogen-bond acceptors (Lipinski definition) is 7. The van der Waals surface area contributed by atoms with Crippen molar-refractivity contribution in [3.05, 3.63) is 30.6 Å². The van der Waals surface area contributed by atoms with Gasteiger partial charge in [-0.25, -0.2) is 13.4 Å². The number of rotatable bonds is 7. The first-order valence-corrected chi connectivity index (χ1v) is 10.4. The molecule has 0 aliphatic heterocycles. The van der Waals surface area contributed by atoms with E-state index in [0.29, 0.717) is 40.2 Å². The number of imidazole rings is 1. The summed E-state index contributed by atoms with van der Waals surface area (Å²) in [6, 6.07) is 7.09. The highest BCUT2D eigenvalue weighted by Gasteiger charge is 2.14. The summed E-state index contributed by atoms with van der Waals surface area (Å²) in [5.74, 6) is 1.43. The van der Waals surface area contributed by atoms with Gasteiger partial charge in [-0.3, -0.25) is 4.72 Å². The molecule has 144 valence electrons. The Bertz CT molecular complexity index is 1050. The fourth-order valence-electron chi connectivity index (χ4n) is 2.38. The topological polar surface area (TPSA) is 125 Å². The van der Waals surface area contributed by atoms with Gasteiger partial charge in [0.1, 0.15) is 5.52 Å². The first kappa shape index (κ1) is 18.9. The third-order valence-corrected chi connectivity index (χ3v) is 4.67. The van der Waals surface area contributed by atoms with E-state index in [2.05, 4.69) is 56.1 Å². The minimum absolute atomic E-state index is 0.204. The summed E-state index contributed by atoms with van der Waals surface area (Å²) in [5.41, 5.74) is 2.39. The molecule has 9 nitrogen and oxygen atoms in total. The average molecular weight is 389 g/mol. The van der Waals surface area contributed by atoms with Crippen LogP contribution in [0.4, 0.5) is 23.1 Å². The smallest absolute Gasteiger partial charge is 0.231 e. The van der Waals surface area contributed by atoms with Gasteiger partial charge in [0.05, 0.1) is 18.3 Å². The van der Waals surface area contributed by atoms with E-state index in [1.807, 2.05) is 0 Å². The van der Waals surface area contributed by atoms with E-state index in [0.717, 1.165) is 6.26 Å². The van der Waals surface area contributed by atoms with E-state index in [1.165, 1.54) is 0 Å². The molecule has 10 heteroatoms. The average Bonchev–Trinajstić information content (AvgIpc) is 3.02. The first-order chi connectivity index (χ1) is 12.7. The predicted molar refractivity (Wildman–Crippen MR) is 108 cm³/mol. The van der Waals surface area contributed by atoms with Crippen molar-refractivity contribution in [2.75, 3.05) is 21.6 Å². The molecule has 0 saturated heterocycles. The molecule has 0 unspecified atom stereocenters. The quantitative estimate of drug-likeness (QED) is 0.489. The Morgan fingerprint density at radius 1 is 1.11 bits per heavy atom. The van der Waals surface area contributed by atoms with Gasteiger partial charge in [0.25, 0.3) is 0 Å². The third-order valence-electron chi connectivity index (χ3n) is 4.07. The lowest BCUT2D eigenvalue weighted by Crippen LogP contribution is -2.22. The molecule has 4 N–H and O–H groups in total. The summed E-state index contributed by atoms with van der Waals surface area (Å²) in [5, 5.41) is 6.48. The summed E-state index contributed by atoms with van der Waals surface area (Å²) in [6.45, 7) is 6.33. The summed E-state index contributed by atoms with van der Waals surface area (Å²) >= 11 is 0. The van der Waals surface area contributed by atoms with E-state index in [9.17, 15) is 8.42 Å². The van der Waals surface area contributed by atoms with Crippen molar-refractivity contribution in [3.8, 4) is 0 Å². The summed E-state index contributed by atoms with van der Waals surface area (Å²) < 4.78 is 25.3. The Morgan fingerprint density at radius 2 is 1.85 bits per heavy atom. The minimum Gasteiger partial charge on any atom is -0.365 e. The molecular formula is C17H23N7O2S. The van der Waals surface area contributed by atoms with Crippen molar-refractivity contribution >= 4 is 44.3 Å². The fourth-order valence-corrected chi connectivity index (χ4v) is 2.93. The van der Waals surface area contributed by atoms with Crippen LogP contribution in [0.3, 0.4) is 0 Å². The lowest BCUT2D eigenvalue weighted by atomic mass is 10.1. The van der Waals surface area contributed by atoms with Gasteiger partial charge in [0.15, 0.2) is 11.5 Å². The molecule has 0 bridgehead atoms. The summed E-state index contributed by atoms with van der Waals surface area (Å²) in [7, 11) is -3.35. The molecule has 0 aliphatic rings. The molecule has 1 aromatic carbocycles. The second kappa shape index (κ2) is 7.39. The van der Waals surface area contributed by atoms with Crippen molar-refractivity contribution < 1.29 is 8.42 Å². The second-order valence-electron chi connectivity index (χ2n) is 6.75. The number of fused-ring (bicyclic) bond motifs is 1. The summed E-state index contributed by atoms with van der Waals surface area (Å²) in [4.78, 5) is 16.3. The van der Waals surface area contributed by atoms with Gasteiger partial charge in [0.2, 0.25) is 16.0 Å². The van der Waals surface area contributed by atoms with Crippen LogP contribution in [0.5, 0.6) is 0 Å². The van der Waals surface area contributed by atoms with Gasteiger partial charge >= 0.3 is 0 Å². The van der Waals surface area contributed by atoms with E-state index in [-0.39, 0.29) is 6.04 Å². The fraction of sp³-hybridized carbons (Fsp3) is 0.353. The Hall–Kier alpha value is -2.88. The lowest BCUT2D eigenvalue weighted by Gasteiger charge is -2.18. The van der Waals surface area contributed by atoms with Crippen LogP contribution >= 0.6 is 0 Å². The highest BCUT2D eigenvalue weighted by Crippen LogP contribution is 2.24. The number of benzene rings is 1. The molecule has 0 saturated carbocycles. The second-order valence-corrected chi connectivity index (χ2v) is 8.50. The molecule has 1 atom stereocenters. The van der Waals surface area contributed by atoms with Gasteiger partial charge < -0.3 is 15.6 Å².